The molecule has 4 rings (SSSR count). The first-order valence-electron chi connectivity index (χ1n) is 10.9. The molecule has 2 aliphatic rings. The van der Waals surface area contributed by atoms with Crippen molar-refractivity contribution in [1.29, 1.82) is 0 Å². The van der Waals surface area contributed by atoms with Gasteiger partial charge < -0.3 is 9.84 Å². The summed E-state index contributed by atoms with van der Waals surface area (Å²) in [6.45, 7) is 2.79. The second-order valence-corrected chi connectivity index (χ2v) is 7.85. The number of carboxylic acids is 1. The van der Waals surface area contributed by atoms with Gasteiger partial charge in [0.1, 0.15) is 6.29 Å². The molecule has 1 unspecified atom stereocenters. The number of carbonyl (C=O) groups is 2. The van der Waals surface area contributed by atoms with Crippen molar-refractivity contribution in [2.24, 2.45) is 5.92 Å². The maximum atomic E-state index is 10.7. The monoisotopic (exact) mass is 424 g/mol. The Bertz CT molecular complexity index is 842. The van der Waals surface area contributed by atoms with Gasteiger partial charge in [0.05, 0.1) is 17.3 Å². The van der Waals surface area contributed by atoms with Crippen LogP contribution in [-0.2, 0) is 9.53 Å². The first-order chi connectivity index (χ1) is 15.1. The average Bonchev–Trinajstić information content (AvgIpc) is 3.23. The van der Waals surface area contributed by atoms with Gasteiger partial charge in [-0.25, -0.2) is 4.68 Å². The zero-order chi connectivity index (χ0) is 22.6. The van der Waals surface area contributed by atoms with Crippen LogP contribution >= 0.6 is 0 Å². The minimum Gasteiger partial charge on any atom is -0.481 e. The van der Waals surface area contributed by atoms with Crippen molar-refractivity contribution < 1.29 is 19.4 Å². The van der Waals surface area contributed by atoms with Gasteiger partial charge in [-0.05, 0) is 50.7 Å². The van der Waals surface area contributed by atoms with Gasteiger partial charge in [-0.15, -0.1) is 12.8 Å². The number of ether oxygens (including phenoxy) is 1. The molecule has 0 radical (unpaired) electrons. The minimum atomic E-state index is -0.602. The number of benzene rings is 1. The van der Waals surface area contributed by atoms with Crippen LogP contribution in [0.2, 0.25) is 0 Å². The SMILES string of the molecule is C#C.Cc1cc(-c2ccc(C=O)cc2)n(C2CCCCO2)n1.O=C(O)C1CCCCC1. The summed E-state index contributed by atoms with van der Waals surface area (Å²) in [7, 11) is 0. The van der Waals surface area contributed by atoms with E-state index in [1.165, 1.54) is 12.8 Å². The van der Waals surface area contributed by atoms with E-state index >= 15 is 0 Å². The molecule has 1 saturated heterocycles. The summed E-state index contributed by atoms with van der Waals surface area (Å²) in [6, 6.07) is 9.64. The van der Waals surface area contributed by atoms with Crippen LogP contribution in [0.5, 0.6) is 0 Å². The van der Waals surface area contributed by atoms with E-state index in [1.807, 2.05) is 35.9 Å². The van der Waals surface area contributed by atoms with Crippen LogP contribution in [0.4, 0.5) is 0 Å². The predicted octanol–water partition coefficient (Wildman–Crippen LogP) is 5.27. The van der Waals surface area contributed by atoms with Gasteiger partial charge in [0.25, 0.3) is 0 Å². The van der Waals surface area contributed by atoms with Gasteiger partial charge in [-0.3, -0.25) is 9.59 Å². The number of carbonyl (C=O) groups excluding carboxylic acids is 1. The lowest BCUT2D eigenvalue weighted by atomic mass is 9.90. The lowest BCUT2D eigenvalue weighted by Crippen LogP contribution is -2.20. The van der Waals surface area contributed by atoms with Crippen molar-refractivity contribution in [3.63, 3.8) is 0 Å². The van der Waals surface area contributed by atoms with Gasteiger partial charge in [-0.2, -0.15) is 5.10 Å². The Morgan fingerprint density at radius 2 is 1.74 bits per heavy atom. The van der Waals surface area contributed by atoms with Crippen LogP contribution in [0.15, 0.2) is 30.3 Å². The van der Waals surface area contributed by atoms with Crippen LogP contribution in [0.25, 0.3) is 11.3 Å². The Morgan fingerprint density at radius 1 is 1.10 bits per heavy atom. The number of nitrogens with zero attached hydrogens (tertiary/aromatic N) is 2. The number of terminal acetylenes is 1. The molecular weight excluding hydrogens is 392 g/mol. The Balaban J connectivity index is 0.000000261. The lowest BCUT2D eigenvalue weighted by molar-refractivity contribution is -0.142. The fourth-order valence-electron chi connectivity index (χ4n) is 3.95. The molecule has 1 aromatic carbocycles. The lowest BCUT2D eigenvalue weighted by Gasteiger charge is -2.24. The standard InChI is InChI=1S/C16H18N2O2.C7H12O2.C2H2/c1-12-10-15(14-7-5-13(11-19)6-8-14)18(17-12)16-4-2-3-9-20-16;8-7(9)6-4-2-1-3-5-6;1-2/h5-8,10-11,16H,2-4,9H2,1H3;6H,1-5H2,(H,8,9);1-2H. The summed E-state index contributed by atoms with van der Waals surface area (Å²) in [5.41, 5.74) is 3.77. The minimum absolute atomic E-state index is 0.0261. The first kappa shape index (κ1) is 24.4. The van der Waals surface area contributed by atoms with E-state index in [4.69, 9.17) is 9.84 Å². The normalized spacial score (nSPS) is 18.6. The molecule has 6 heteroatoms. The van der Waals surface area contributed by atoms with Crippen molar-refractivity contribution in [3.8, 4) is 24.1 Å². The molecule has 0 spiro atoms. The maximum absolute atomic E-state index is 10.7. The van der Waals surface area contributed by atoms with Crippen molar-refractivity contribution in [2.45, 2.75) is 64.5 Å². The number of aliphatic carboxylic acids is 1. The Morgan fingerprint density at radius 3 is 2.26 bits per heavy atom. The number of aldehydes is 1. The molecule has 166 valence electrons. The molecular formula is C25H32N2O4. The average molecular weight is 425 g/mol. The second kappa shape index (κ2) is 12.7. The Hall–Kier alpha value is -2.91. The fraction of sp³-hybridized carbons (Fsp3) is 0.480. The number of aryl methyl sites for hydroxylation is 1. The molecule has 1 aliphatic carbocycles. The molecule has 1 saturated carbocycles. The molecule has 2 aromatic rings. The Kier molecular flexibility index (Phi) is 9.99. The number of aromatic nitrogens is 2. The van der Waals surface area contributed by atoms with Crippen molar-refractivity contribution in [3.05, 3.63) is 41.6 Å². The predicted molar refractivity (Wildman–Crippen MR) is 121 cm³/mol. The topological polar surface area (TPSA) is 81.4 Å². The molecule has 0 bridgehead atoms. The summed E-state index contributed by atoms with van der Waals surface area (Å²) in [4.78, 5) is 21.1. The van der Waals surface area contributed by atoms with Crippen LogP contribution < -0.4 is 0 Å². The highest BCUT2D eigenvalue weighted by Gasteiger charge is 2.21. The van der Waals surface area contributed by atoms with Gasteiger partial charge in [0.2, 0.25) is 0 Å². The van der Waals surface area contributed by atoms with E-state index < -0.39 is 5.97 Å². The highest BCUT2D eigenvalue weighted by Crippen LogP contribution is 2.29. The molecule has 1 aliphatic heterocycles. The van der Waals surface area contributed by atoms with Crippen molar-refractivity contribution in [2.75, 3.05) is 6.61 Å². The molecule has 31 heavy (non-hydrogen) atoms. The van der Waals surface area contributed by atoms with E-state index in [9.17, 15) is 9.59 Å². The molecule has 1 atom stereocenters. The van der Waals surface area contributed by atoms with E-state index in [1.54, 1.807) is 0 Å². The molecule has 1 aromatic heterocycles. The van der Waals surface area contributed by atoms with Crippen molar-refractivity contribution in [1.82, 2.24) is 9.78 Å². The van der Waals surface area contributed by atoms with Crippen LogP contribution in [-0.4, -0.2) is 33.7 Å². The van der Waals surface area contributed by atoms with Crippen molar-refractivity contribution >= 4 is 12.3 Å². The summed E-state index contributed by atoms with van der Waals surface area (Å²) >= 11 is 0. The number of hydrogen-bond donors (Lipinski definition) is 1. The number of carboxylic acid groups (broad SMARTS) is 1. The summed E-state index contributed by atoms with van der Waals surface area (Å²) < 4.78 is 7.81. The van der Waals surface area contributed by atoms with E-state index in [-0.39, 0.29) is 12.1 Å². The van der Waals surface area contributed by atoms with Gasteiger partial charge in [0.15, 0.2) is 6.23 Å². The summed E-state index contributed by atoms with van der Waals surface area (Å²) in [5, 5.41) is 13.1. The van der Waals surface area contributed by atoms with Gasteiger partial charge >= 0.3 is 5.97 Å². The fourth-order valence-corrected chi connectivity index (χ4v) is 3.95. The van der Waals surface area contributed by atoms with E-state index in [2.05, 4.69) is 24.0 Å². The largest absolute Gasteiger partial charge is 0.481 e. The van der Waals surface area contributed by atoms with E-state index in [0.29, 0.717) is 5.56 Å². The quantitative estimate of drug-likeness (QED) is 0.534. The first-order valence-corrected chi connectivity index (χ1v) is 10.9. The van der Waals surface area contributed by atoms with Gasteiger partial charge in [-0.1, -0.05) is 43.5 Å². The second-order valence-electron chi connectivity index (χ2n) is 7.85. The summed E-state index contributed by atoms with van der Waals surface area (Å²) in [6.07, 6.45) is 17.4. The van der Waals surface area contributed by atoms with Crippen LogP contribution in [0.3, 0.4) is 0 Å². The molecule has 2 fully saturated rings. The van der Waals surface area contributed by atoms with Crippen LogP contribution in [0, 0.1) is 25.7 Å². The molecule has 6 nitrogen and oxygen atoms in total. The molecule has 2 heterocycles. The number of rotatable bonds is 4. The third kappa shape index (κ3) is 7.08. The highest BCUT2D eigenvalue weighted by atomic mass is 16.5. The smallest absolute Gasteiger partial charge is 0.306 e. The van der Waals surface area contributed by atoms with E-state index in [0.717, 1.165) is 68.4 Å². The summed E-state index contributed by atoms with van der Waals surface area (Å²) in [5.74, 6) is -0.631. The maximum Gasteiger partial charge on any atom is 0.306 e. The Labute approximate surface area is 184 Å². The highest BCUT2D eigenvalue weighted by molar-refractivity contribution is 5.76. The zero-order valence-corrected chi connectivity index (χ0v) is 18.2. The third-order valence-corrected chi connectivity index (χ3v) is 5.58. The van der Waals surface area contributed by atoms with Crippen LogP contribution in [0.1, 0.15) is 73.6 Å². The molecule has 0 amide bonds. The third-order valence-electron chi connectivity index (χ3n) is 5.58. The number of hydrogen-bond acceptors (Lipinski definition) is 4. The molecule has 1 N–H and O–H groups in total. The zero-order valence-electron chi connectivity index (χ0n) is 18.2. The van der Waals surface area contributed by atoms with Gasteiger partial charge in [0, 0.05) is 12.2 Å².